The molecule has 250 valence electrons. The lowest BCUT2D eigenvalue weighted by Crippen LogP contribution is -2.16. The minimum atomic E-state index is -0.116. The van der Waals surface area contributed by atoms with Crippen LogP contribution < -0.4 is 4.90 Å². The van der Waals surface area contributed by atoms with Crippen molar-refractivity contribution in [3.05, 3.63) is 192 Å². The van der Waals surface area contributed by atoms with Crippen LogP contribution in [0.4, 0.5) is 17.1 Å². The van der Waals surface area contributed by atoms with Gasteiger partial charge in [0.05, 0.1) is 11.2 Å². The Kier molecular flexibility index (Phi) is 6.60. The van der Waals surface area contributed by atoms with E-state index in [9.17, 15) is 0 Å². The summed E-state index contributed by atoms with van der Waals surface area (Å²) < 4.78 is 2.47. The molecule has 1 heterocycles. The first-order valence-corrected chi connectivity index (χ1v) is 18.4. The highest BCUT2D eigenvalue weighted by Gasteiger charge is 2.40. The third-order valence-corrected chi connectivity index (χ3v) is 11.8. The summed E-state index contributed by atoms with van der Waals surface area (Å²) >= 11 is 0. The van der Waals surface area contributed by atoms with Crippen LogP contribution in [0.5, 0.6) is 0 Å². The zero-order chi connectivity index (χ0) is 35.2. The third kappa shape index (κ3) is 4.37. The predicted octanol–water partition coefficient (Wildman–Crippen LogP) is 13.4. The smallest absolute Gasteiger partial charge is 0.0584 e. The van der Waals surface area contributed by atoms with Crippen LogP contribution in [0.3, 0.4) is 0 Å². The van der Waals surface area contributed by atoms with Crippen molar-refractivity contribution in [3.8, 4) is 39.2 Å². The number of aromatic nitrogens is 1. The van der Waals surface area contributed by atoms with Crippen molar-refractivity contribution in [2.75, 3.05) is 4.90 Å². The van der Waals surface area contributed by atoms with E-state index in [1.807, 2.05) is 0 Å². The Labute approximate surface area is 306 Å². The Morgan fingerprint density at radius 2 is 0.981 bits per heavy atom. The minimum absolute atomic E-state index is 0.0671. The first kappa shape index (κ1) is 30.7. The molecule has 7 aromatic carbocycles. The van der Waals surface area contributed by atoms with Crippen LogP contribution >= 0.6 is 0 Å². The van der Waals surface area contributed by atoms with E-state index in [4.69, 9.17) is 0 Å². The van der Waals surface area contributed by atoms with Gasteiger partial charge in [-0.25, -0.2) is 0 Å². The fourth-order valence-corrected chi connectivity index (χ4v) is 9.23. The Morgan fingerprint density at radius 3 is 1.71 bits per heavy atom. The molecule has 0 unspecified atom stereocenters. The lowest BCUT2D eigenvalue weighted by atomic mass is 9.81. The van der Waals surface area contributed by atoms with E-state index >= 15 is 0 Å². The van der Waals surface area contributed by atoms with Crippen LogP contribution in [-0.2, 0) is 10.8 Å². The van der Waals surface area contributed by atoms with E-state index in [1.165, 1.54) is 78.0 Å². The van der Waals surface area contributed by atoms with Gasteiger partial charge in [0, 0.05) is 44.5 Å². The van der Waals surface area contributed by atoms with Crippen LogP contribution in [0, 0.1) is 0 Å². The van der Waals surface area contributed by atoms with E-state index in [1.54, 1.807) is 0 Å². The molecule has 2 heteroatoms. The van der Waals surface area contributed by atoms with Gasteiger partial charge in [0.2, 0.25) is 0 Å². The van der Waals surface area contributed by atoms with Crippen LogP contribution in [0.25, 0.3) is 50.1 Å². The molecule has 2 nitrogen and oxygen atoms in total. The highest BCUT2D eigenvalue weighted by molar-refractivity contribution is 6.01. The van der Waals surface area contributed by atoms with Gasteiger partial charge >= 0.3 is 0 Å². The standard InChI is InChI=1S/C50H40N2/c1-49(2)43-21-13-11-19-39(43)40-29-28-38(32-45(40)49)51(35-15-7-5-8-16-35)37-26-23-33(24-27-37)34-25-30-46-42(31-34)47-48(52(46)36-17-9-6-10-18-36)41-20-12-14-22-44(41)50(47,3)4/h5-32H,1-4H3. The second kappa shape index (κ2) is 11.2. The molecule has 1 aromatic heterocycles. The zero-order valence-electron chi connectivity index (χ0n) is 30.1. The van der Waals surface area contributed by atoms with E-state index in [0.29, 0.717) is 0 Å². The topological polar surface area (TPSA) is 8.17 Å². The Morgan fingerprint density at radius 1 is 0.423 bits per heavy atom. The molecule has 0 atom stereocenters. The van der Waals surface area contributed by atoms with Crippen LogP contribution in [0.2, 0.25) is 0 Å². The number of benzene rings is 7. The second-order valence-electron chi connectivity index (χ2n) is 15.4. The summed E-state index contributed by atoms with van der Waals surface area (Å²) in [4.78, 5) is 2.39. The van der Waals surface area contributed by atoms with E-state index < -0.39 is 0 Å². The van der Waals surface area contributed by atoms with Crippen LogP contribution in [0.1, 0.15) is 49.9 Å². The van der Waals surface area contributed by atoms with Gasteiger partial charge < -0.3 is 9.47 Å². The SMILES string of the molecule is CC1(C)c2ccccc2-c2ccc(N(c3ccccc3)c3ccc(-c4ccc5c(c4)c4c(n5-c5ccccc5)-c5ccccc5C4(C)C)cc3)cc21. The predicted molar refractivity (Wildman–Crippen MR) is 219 cm³/mol. The number of para-hydroxylation sites is 2. The molecular formula is C50H40N2. The maximum absolute atomic E-state index is 2.47. The number of hydrogen-bond donors (Lipinski definition) is 0. The number of rotatable bonds is 5. The molecule has 0 saturated heterocycles. The zero-order valence-corrected chi connectivity index (χ0v) is 30.1. The lowest BCUT2D eigenvalue weighted by molar-refractivity contribution is 0.660. The number of hydrogen-bond acceptors (Lipinski definition) is 1. The first-order chi connectivity index (χ1) is 25.3. The molecule has 0 aliphatic heterocycles. The molecule has 0 radical (unpaired) electrons. The fourth-order valence-electron chi connectivity index (χ4n) is 9.23. The quantitative estimate of drug-likeness (QED) is 0.177. The fraction of sp³-hybridized carbons (Fsp3) is 0.120. The molecule has 52 heavy (non-hydrogen) atoms. The van der Waals surface area contributed by atoms with Gasteiger partial charge in [-0.1, -0.05) is 137 Å². The summed E-state index contributed by atoms with van der Waals surface area (Å²) in [5, 5.41) is 1.31. The third-order valence-electron chi connectivity index (χ3n) is 11.8. The average molecular weight is 669 g/mol. The molecule has 0 bridgehead atoms. The average Bonchev–Trinajstić information content (AvgIpc) is 3.74. The largest absolute Gasteiger partial charge is 0.310 e. The van der Waals surface area contributed by atoms with Crippen molar-refractivity contribution in [1.29, 1.82) is 0 Å². The summed E-state index contributed by atoms with van der Waals surface area (Å²) in [6.07, 6.45) is 0. The van der Waals surface area contributed by atoms with Gasteiger partial charge in [-0.15, -0.1) is 0 Å². The molecule has 0 fully saturated rings. The summed E-state index contributed by atoms with van der Waals surface area (Å²) in [5.74, 6) is 0. The summed E-state index contributed by atoms with van der Waals surface area (Å²) in [7, 11) is 0. The molecule has 0 spiro atoms. The summed E-state index contributed by atoms with van der Waals surface area (Å²) in [5.41, 5.74) is 19.0. The monoisotopic (exact) mass is 668 g/mol. The van der Waals surface area contributed by atoms with Crippen molar-refractivity contribution in [3.63, 3.8) is 0 Å². The van der Waals surface area contributed by atoms with Crippen molar-refractivity contribution in [1.82, 2.24) is 4.57 Å². The maximum atomic E-state index is 2.47. The molecule has 0 saturated carbocycles. The van der Waals surface area contributed by atoms with Crippen LogP contribution in [0.15, 0.2) is 170 Å². The molecule has 0 amide bonds. The number of nitrogens with zero attached hydrogens (tertiary/aromatic N) is 2. The summed E-state index contributed by atoms with van der Waals surface area (Å²) in [6.45, 7) is 9.46. The molecule has 8 aromatic rings. The minimum Gasteiger partial charge on any atom is -0.310 e. The van der Waals surface area contributed by atoms with Gasteiger partial charge in [-0.2, -0.15) is 0 Å². The number of fused-ring (bicyclic) bond motifs is 8. The highest BCUT2D eigenvalue weighted by Crippen LogP contribution is 2.54. The number of anilines is 3. The molecule has 10 rings (SSSR count). The Hall–Kier alpha value is -6.12. The van der Waals surface area contributed by atoms with Crippen molar-refractivity contribution < 1.29 is 0 Å². The molecular weight excluding hydrogens is 629 g/mol. The second-order valence-corrected chi connectivity index (χ2v) is 15.4. The molecule has 0 N–H and O–H groups in total. The van der Waals surface area contributed by atoms with E-state index in [0.717, 1.165) is 11.4 Å². The molecule has 2 aliphatic rings. The Bertz CT molecular complexity index is 2660. The van der Waals surface area contributed by atoms with Gasteiger partial charge in [-0.3, -0.25) is 0 Å². The normalized spacial score (nSPS) is 14.5. The van der Waals surface area contributed by atoms with Gasteiger partial charge in [-0.05, 0) is 105 Å². The Balaban J connectivity index is 1.09. The van der Waals surface area contributed by atoms with Gasteiger partial charge in [0.25, 0.3) is 0 Å². The molecule has 2 aliphatic carbocycles. The van der Waals surface area contributed by atoms with Crippen LogP contribution in [-0.4, -0.2) is 4.57 Å². The van der Waals surface area contributed by atoms with E-state index in [-0.39, 0.29) is 10.8 Å². The van der Waals surface area contributed by atoms with Crippen molar-refractivity contribution in [2.45, 2.75) is 38.5 Å². The lowest BCUT2D eigenvalue weighted by Gasteiger charge is -2.28. The van der Waals surface area contributed by atoms with Crippen molar-refractivity contribution in [2.24, 2.45) is 0 Å². The maximum Gasteiger partial charge on any atom is 0.0584 e. The van der Waals surface area contributed by atoms with Crippen molar-refractivity contribution >= 4 is 28.0 Å². The van der Waals surface area contributed by atoms with Gasteiger partial charge in [0.15, 0.2) is 0 Å². The summed E-state index contributed by atoms with van der Waals surface area (Å²) in [6, 6.07) is 62.5. The highest BCUT2D eigenvalue weighted by atomic mass is 15.1. The van der Waals surface area contributed by atoms with Gasteiger partial charge in [0.1, 0.15) is 0 Å². The van der Waals surface area contributed by atoms with E-state index in [2.05, 4.69) is 207 Å². The first-order valence-electron chi connectivity index (χ1n) is 18.4.